The van der Waals surface area contributed by atoms with E-state index in [1.165, 1.54) is 24.0 Å². The van der Waals surface area contributed by atoms with Gasteiger partial charge in [0, 0.05) is 12.3 Å². The largest absolute Gasteiger partial charge is 0.299 e. The van der Waals surface area contributed by atoms with E-state index in [0.29, 0.717) is 11.7 Å². The lowest BCUT2D eigenvalue weighted by atomic mass is 9.88. The molecule has 2 rings (SSSR count). The third kappa shape index (κ3) is 2.96. The smallest absolute Gasteiger partial charge is 0.140 e. The number of Topliss-reactive ketones (excluding diaryl/α,β-unsaturated/α-hetero) is 1. The first kappa shape index (κ1) is 12.3. The Kier molecular flexibility index (Phi) is 3.98. The zero-order valence-corrected chi connectivity index (χ0v) is 10.9. The topological polar surface area (TPSA) is 17.1 Å². The molecule has 0 saturated heterocycles. The SMILES string of the molecule is CC(C)c1cccc(C2CCCCCC2=O)c1. The summed E-state index contributed by atoms with van der Waals surface area (Å²) in [7, 11) is 0. The van der Waals surface area contributed by atoms with E-state index >= 15 is 0 Å². The van der Waals surface area contributed by atoms with E-state index in [-0.39, 0.29) is 5.92 Å². The molecule has 1 unspecified atom stereocenters. The zero-order valence-electron chi connectivity index (χ0n) is 10.9. The second kappa shape index (κ2) is 5.48. The number of carbonyl (C=O) groups is 1. The zero-order chi connectivity index (χ0) is 12.3. The highest BCUT2D eigenvalue weighted by Crippen LogP contribution is 2.30. The van der Waals surface area contributed by atoms with Crippen molar-refractivity contribution in [3.8, 4) is 0 Å². The number of hydrogen-bond acceptors (Lipinski definition) is 1. The summed E-state index contributed by atoms with van der Waals surface area (Å²) in [5, 5.41) is 0. The normalized spacial score (nSPS) is 21.6. The van der Waals surface area contributed by atoms with Gasteiger partial charge in [-0.05, 0) is 29.9 Å². The second-order valence-electron chi connectivity index (χ2n) is 5.44. The average molecular weight is 230 g/mol. The van der Waals surface area contributed by atoms with Crippen molar-refractivity contribution in [3.05, 3.63) is 35.4 Å². The van der Waals surface area contributed by atoms with Crippen LogP contribution in [0.4, 0.5) is 0 Å². The first-order valence-corrected chi connectivity index (χ1v) is 6.81. The Balaban J connectivity index is 2.25. The molecule has 0 spiro atoms. The van der Waals surface area contributed by atoms with E-state index in [2.05, 4.69) is 38.1 Å². The van der Waals surface area contributed by atoms with Crippen molar-refractivity contribution >= 4 is 5.78 Å². The predicted molar refractivity (Wildman–Crippen MR) is 71.4 cm³/mol. The van der Waals surface area contributed by atoms with Crippen molar-refractivity contribution in [2.75, 3.05) is 0 Å². The summed E-state index contributed by atoms with van der Waals surface area (Å²) in [6.45, 7) is 4.40. The lowest BCUT2D eigenvalue weighted by Gasteiger charge is -2.15. The Bertz CT molecular complexity index is 392. The lowest BCUT2D eigenvalue weighted by Crippen LogP contribution is -2.10. The first-order chi connectivity index (χ1) is 8.18. The van der Waals surface area contributed by atoms with E-state index < -0.39 is 0 Å². The highest BCUT2D eigenvalue weighted by atomic mass is 16.1. The molecular formula is C16H22O. The molecule has 1 aromatic carbocycles. The molecule has 1 saturated carbocycles. The molecule has 0 N–H and O–H groups in total. The number of rotatable bonds is 2. The molecule has 0 aromatic heterocycles. The van der Waals surface area contributed by atoms with Crippen LogP contribution in [-0.2, 0) is 4.79 Å². The summed E-state index contributed by atoms with van der Waals surface area (Å²) >= 11 is 0. The number of hydrogen-bond donors (Lipinski definition) is 0. The van der Waals surface area contributed by atoms with Crippen LogP contribution in [0.3, 0.4) is 0 Å². The molecule has 0 amide bonds. The fraction of sp³-hybridized carbons (Fsp3) is 0.562. The summed E-state index contributed by atoms with van der Waals surface area (Å²) in [6.07, 6.45) is 5.31. The van der Waals surface area contributed by atoms with Gasteiger partial charge >= 0.3 is 0 Å². The minimum atomic E-state index is 0.163. The maximum atomic E-state index is 12.1. The summed E-state index contributed by atoms with van der Waals surface area (Å²) in [5.41, 5.74) is 2.59. The van der Waals surface area contributed by atoms with Crippen LogP contribution in [0.25, 0.3) is 0 Å². The molecule has 1 heteroatoms. The molecule has 17 heavy (non-hydrogen) atoms. The minimum Gasteiger partial charge on any atom is -0.299 e. The van der Waals surface area contributed by atoms with Crippen LogP contribution < -0.4 is 0 Å². The van der Waals surface area contributed by atoms with E-state index in [1.807, 2.05) is 0 Å². The van der Waals surface area contributed by atoms with Crippen molar-refractivity contribution in [1.29, 1.82) is 0 Å². The quantitative estimate of drug-likeness (QED) is 0.687. The Hall–Kier alpha value is -1.11. The van der Waals surface area contributed by atoms with Crippen molar-refractivity contribution in [3.63, 3.8) is 0 Å². The molecule has 1 atom stereocenters. The monoisotopic (exact) mass is 230 g/mol. The van der Waals surface area contributed by atoms with Crippen molar-refractivity contribution in [2.24, 2.45) is 0 Å². The van der Waals surface area contributed by atoms with E-state index in [9.17, 15) is 4.79 Å². The van der Waals surface area contributed by atoms with Gasteiger partial charge in [-0.2, -0.15) is 0 Å². The second-order valence-corrected chi connectivity index (χ2v) is 5.44. The highest BCUT2D eigenvalue weighted by Gasteiger charge is 2.22. The molecule has 92 valence electrons. The van der Waals surface area contributed by atoms with Gasteiger partial charge < -0.3 is 0 Å². The van der Waals surface area contributed by atoms with Crippen molar-refractivity contribution < 1.29 is 4.79 Å². The Labute approximate surface area is 104 Å². The number of ketones is 1. The van der Waals surface area contributed by atoms with Crippen LogP contribution in [0.2, 0.25) is 0 Å². The van der Waals surface area contributed by atoms with Crippen molar-refractivity contribution in [1.82, 2.24) is 0 Å². The van der Waals surface area contributed by atoms with Crippen LogP contribution >= 0.6 is 0 Å². The van der Waals surface area contributed by atoms with Crippen LogP contribution in [0, 0.1) is 0 Å². The summed E-state index contributed by atoms with van der Waals surface area (Å²) < 4.78 is 0. The van der Waals surface area contributed by atoms with E-state index in [0.717, 1.165) is 19.3 Å². The van der Waals surface area contributed by atoms with Gasteiger partial charge in [0.1, 0.15) is 5.78 Å². The van der Waals surface area contributed by atoms with Gasteiger partial charge in [-0.15, -0.1) is 0 Å². The fourth-order valence-electron chi connectivity index (χ4n) is 2.65. The Morgan fingerprint density at radius 1 is 1.18 bits per heavy atom. The van der Waals surface area contributed by atoms with Gasteiger partial charge in [0.25, 0.3) is 0 Å². The van der Waals surface area contributed by atoms with Gasteiger partial charge in [-0.25, -0.2) is 0 Å². The maximum absolute atomic E-state index is 12.1. The van der Waals surface area contributed by atoms with Gasteiger partial charge in [-0.3, -0.25) is 4.79 Å². The van der Waals surface area contributed by atoms with Gasteiger partial charge in [0.2, 0.25) is 0 Å². The van der Waals surface area contributed by atoms with Crippen molar-refractivity contribution in [2.45, 2.75) is 57.8 Å². The third-order valence-electron chi connectivity index (χ3n) is 3.78. The maximum Gasteiger partial charge on any atom is 0.140 e. The molecular weight excluding hydrogens is 208 g/mol. The van der Waals surface area contributed by atoms with E-state index in [1.54, 1.807) is 0 Å². The highest BCUT2D eigenvalue weighted by molar-refractivity contribution is 5.85. The Morgan fingerprint density at radius 3 is 2.76 bits per heavy atom. The first-order valence-electron chi connectivity index (χ1n) is 6.81. The van der Waals surface area contributed by atoms with Crippen LogP contribution in [0.15, 0.2) is 24.3 Å². The van der Waals surface area contributed by atoms with Gasteiger partial charge in [-0.1, -0.05) is 51.0 Å². The van der Waals surface area contributed by atoms with Crippen LogP contribution in [-0.4, -0.2) is 5.78 Å². The summed E-state index contributed by atoms with van der Waals surface area (Å²) in [5.74, 6) is 1.15. The number of carbonyl (C=O) groups excluding carboxylic acids is 1. The van der Waals surface area contributed by atoms with Crippen LogP contribution in [0.5, 0.6) is 0 Å². The standard InChI is InChI=1S/C16H22O/c1-12(2)13-7-6-8-14(11-13)15-9-4-3-5-10-16(15)17/h6-8,11-12,15H,3-5,9-10H2,1-2H3. The lowest BCUT2D eigenvalue weighted by molar-refractivity contribution is -0.120. The van der Waals surface area contributed by atoms with Gasteiger partial charge in [0.15, 0.2) is 0 Å². The average Bonchev–Trinajstić information content (AvgIpc) is 2.54. The summed E-state index contributed by atoms with van der Waals surface area (Å²) in [4.78, 5) is 12.1. The molecule has 0 bridgehead atoms. The molecule has 1 nitrogen and oxygen atoms in total. The molecule has 0 aliphatic heterocycles. The molecule has 1 fully saturated rings. The molecule has 1 aromatic rings. The Morgan fingerprint density at radius 2 is 2.00 bits per heavy atom. The number of benzene rings is 1. The fourth-order valence-corrected chi connectivity index (χ4v) is 2.65. The summed E-state index contributed by atoms with van der Waals surface area (Å²) in [6, 6.07) is 8.62. The van der Waals surface area contributed by atoms with Gasteiger partial charge in [0.05, 0.1) is 0 Å². The molecule has 0 radical (unpaired) electrons. The molecule has 1 aliphatic carbocycles. The van der Waals surface area contributed by atoms with Crippen LogP contribution in [0.1, 0.15) is 68.9 Å². The van der Waals surface area contributed by atoms with E-state index in [4.69, 9.17) is 0 Å². The molecule has 1 aliphatic rings. The predicted octanol–water partition coefficient (Wildman–Crippen LogP) is 4.43. The minimum absolute atomic E-state index is 0.163. The third-order valence-corrected chi connectivity index (χ3v) is 3.78. The molecule has 0 heterocycles.